The molecule has 3 heterocycles. The number of nitrogens with zero attached hydrogens (tertiary/aromatic N) is 4. The molecule has 1 aliphatic rings. The Morgan fingerprint density at radius 2 is 1.96 bits per heavy atom. The number of ether oxygens (including phenoxy) is 1. The van der Waals surface area contributed by atoms with Crippen LogP contribution in [-0.4, -0.2) is 64.6 Å². The van der Waals surface area contributed by atoms with Gasteiger partial charge in [0.15, 0.2) is 0 Å². The number of hydrogen-bond acceptors (Lipinski definition) is 7. The van der Waals surface area contributed by atoms with Gasteiger partial charge >= 0.3 is 6.09 Å². The maximum atomic E-state index is 12.8. The number of aromatic nitrogens is 2. The second kappa shape index (κ2) is 8.52. The van der Waals surface area contributed by atoms with Crippen molar-refractivity contribution in [3.8, 4) is 0 Å². The summed E-state index contributed by atoms with van der Waals surface area (Å²) in [6.45, 7) is 6.09. The first kappa shape index (κ1) is 18.7. The van der Waals surface area contributed by atoms with Gasteiger partial charge in [-0.15, -0.1) is 0 Å². The van der Waals surface area contributed by atoms with E-state index in [1.165, 1.54) is 0 Å². The van der Waals surface area contributed by atoms with Crippen molar-refractivity contribution in [1.82, 2.24) is 19.8 Å². The minimum atomic E-state index is -0.341. The van der Waals surface area contributed by atoms with E-state index >= 15 is 0 Å². The predicted octanol–water partition coefficient (Wildman–Crippen LogP) is 1.90. The summed E-state index contributed by atoms with van der Waals surface area (Å²) >= 11 is 0. The molecule has 27 heavy (non-hydrogen) atoms. The van der Waals surface area contributed by atoms with Crippen LogP contribution in [0.5, 0.6) is 0 Å². The Morgan fingerprint density at radius 3 is 2.63 bits per heavy atom. The van der Waals surface area contributed by atoms with E-state index in [4.69, 9.17) is 9.15 Å². The summed E-state index contributed by atoms with van der Waals surface area (Å²) < 4.78 is 10.3. The van der Waals surface area contributed by atoms with Crippen LogP contribution in [0.25, 0.3) is 0 Å². The molecule has 1 fully saturated rings. The topological polar surface area (TPSA) is 101 Å². The van der Waals surface area contributed by atoms with E-state index in [2.05, 4.69) is 15.3 Å². The third-order valence-electron chi connectivity index (χ3n) is 4.17. The molecule has 0 aliphatic carbocycles. The molecule has 3 rings (SSSR count). The lowest BCUT2D eigenvalue weighted by molar-refractivity contribution is 0.0565. The van der Waals surface area contributed by atoms with Gasteiger partial charge in [-0.3, -0.25) is 4.79 Å². The lowest BCUT2D eigenvalue weighted by Gasteiger charge is -2.33. The van der Waals surface area contributed by atoms with Crippen molar-refractivity contribution in [3.05, 3.63) is 41.7 Å². The van der Waals surface area contributed by atoms with Gasteiger partial charge in [-0.1, -0.05) is 0 Å². The molecule has 144 valence electrons. The van der Waals surface area contributed by atoms with Crippen LogP contribution in [0.1, 0.15) is 29.0 Å². The average molecular weight is 373 g/mol. The monoisotopic (exact) mass is 373 g/mol. The predicted molar refractivity (Wildman–Crippen MR) is 97.3 cm³/mol. The largest absolute Gasteiger partial charge is 0.467 e. The average Bonchev–Trinajstić information content (AvgIpc) is 3.19. The number of carbonyl (C=O) groups is 2. The molecule has 9 heteroatoms. The van der Waals surface area contributed by atoms with Crippen molar-refractivity contribution in [2.45, 2.75) is 20.4 Å². The minimum Gasteiger partial charge on any atom is -0.467 e. The number of rotatable bonds is 5. The molecule has 0 spiro atoms. The molecule has 0 saturated carbocycles. The van der Waals surface area contributed by atoms with Gasteiger partial charge in [0, 0.05) is 32.2 Å². The number of furan rings is 1. The highest BCUT2D eigenvalue weighted by Gasteiger charge is 2.26. The molecule has 0 unspecified atom stereocenters. The van der Waals surface area contributed by atoms with E-state index in [9.17, 15) is 9.59 Å². The van der Waals surface area contributed by atoms with Crippen molar-refractivity contribution in [3.63, 3.8) is 0 Å². The van der Waals surface area contributed by atoms with Gasteiger partial charge in [-0.25, -0.2) is 14.8 Å². The van der Waals surface area contributed by atoms with Crippen molar-refractivity contribution in [1.29, 1.82) is 0 Å². The van der Waals surface area contributed by atoms with E-state index in [1.54, 1.807) is 36.0 Å². The second-order valence-corrected chi connectivity index (χ2v) is 6.10. The molecule has 2 aromatic heterocycles. The number of aryl methyl sites for hydroxylation is 1. The van der Waals surface area contributed by atoms with Crippen LogP contribution in [0.3, 0.4) is 0 Å². The molecule has 2 amide bonds. The van der Waals surface area contributed by atoms with Crippen molar-refractivity contribution in [2.24, 2.45) is 0 Å². The van der Waals surface area contributed by atoms with Crippen molar-refractivity contribution < 1.29 is 18.7 Å². The highest BCUT2D eigenvalue weighted by Crippen LogP contribution is 2.13. The zero-order valence-electron chi connectivity index (χ0n) is 15.5. The van der Waals surface area contributed by atoms with Gasteiger partial charge in [0.2, 0.25) is 0 Å². The minimum absolute atomic E-state index is 0.176. The SMILES string of the molecule is CCOC(=O)N1CCN(C(=O)c2cc(NCc3ccco3)nc(C)n2)CC1. The van der Waals surface area contributed by atoms with E-state index in [0.717, 1.165) is 5.76 Å². The van der Waals surface area contributed by atoms with E-state index < -0.39 is 0 Å². The maximum absolute atomic E-state index is 12.8. The van der Waals surface area contributed by atoms with Crippen molar-refractivity contribution >= 4 is 17.8 Å². The van der Waals surface area contributed by atoms with Gasteiger partial charge in [-0.05, 0) is 26.0 Å². The molecule has 0 radical (unpaired) electrons. The summed E-state index contributed by atoms with van der Waals surface area (Å²) in [5.74, 6) is 1.67. The zero-order valence-corrected chi connectivity index (χ0v) is 15.5. The van der Waals surface area contributed by atoms with E-state index in [0.29, 0.717) is 56.7 Å². The van der Waals surface area contributed by atoms with E-state index in [1.807, 2.05) is 12.1 Å². The number of piperazine rings is 1. The first-order chi connectivity index (χ1) is 13.1. The molecule has 9 nitrogen and oxygen atoms in total. The van der Waals surface area contributed by atoms with Gasteiger partial charge < -0.3 is 24.3 Å². The van der Waals surface area contributed by atoms with E-state index in [-0.39, 0.29) is 12.0 Å². The highest BCUT2D eigenvalue weighted by molar-refractivity contribution is 5.93. The first-order valence-electron chi connectivity index (χ1n) is 8.89. The number of carbonyl (C=O) groups excluding carboxylic acids is 2. The van der Waals surface area contributed by atoms with Gasteiger partial charge in [0.05, 0.1) is 19.4 Å². The first-order valence-corrected chi connectivity index (χ1v) is 8.89. The Hall–Kier alpha value is -3.10. The normalized spacial score (nSPS) is 14.1. The fourth-order valence-corrected chi connectivity index (χ4v) is 2.83. The van der Waals surface area contributed by atoms with Crippen LogP contribution < -0.4 is 5.32 Å². The summed E-state index contributed by atoms with van der Waals surface area (Å²) in [4.78, 5) is 36.4. The van der Waals surface area contributed by atoms with Gasteiger partial charge in [0.1, 0.15) is 23.1 Å². The summed E-state index contributed by atoms with van der Waals surface area (Å²) in [5, 5.41) is 3.14. The van der Waals surface area contributed by atoms with Crippen LogP contribution in [0.4, 0.5) is 10.6 Å². The fourth-order valence-electron chi connectivity index (χ4n) is 2.83. The summed E-state index contributed by atoms with van der Waals surface area (Å²) in [6.07, 6.45) is 1.26. The van der Waals surface area contributed by atoms with Gasteiger partial charge in [0.25, 0.3) is 5.91 Å². The molecule has 1 aliphatic heterocycles. The molecule has 1 N–H and O–H groups in total. The Morgan fingerprint density at radius 1 is 1.22 bits per heavy atom. The Balaban J connectivity index is 1.62. The van der Waals surface area contributed by atoms with Crippen LogP contribution in [0.2, 0.25) is 0 Å². The standard InChI is InChI=1S/C18H23N5O4/c1-3-26-18(25)23-8-6-22(7-9-23)17(24)15-11-16(21-13(2)20-15)19-12-14-5-4-10-27-14/h4-5,10-11H,3,6-9,12H2,1-2H3,(H,19,20,21). The van der Waals surface area contributed by atoms with Crippen molar-refractivity contribution in [2.75, 3.05) is 38.1 Å². The van der Waals surface area contributed by atoms with Gasteiger partial charge in [-0.2, -0.15) is 0 Å². The molecular weight excluding hydrogens is 350 g/mol. The number of anilines is 1. The molecule has 0 atom stereocenters. The van der Waals surface area contributed by atoms with Crippen LogP contribution >= 0.6 is 0 Å². The lowest BCUT2D eigenvalue weighted by atomic mass is 10.2. The number of hydrogen-bond donors (Lipinski definition) is 1. The summed E-state index contributed by atoms with van der Waals surface area (Å²) in [6, 6.07) is 5.30. The summed E-state index contributed by atoms with van der Waals surface area (Å²) in [7, 11) is 0. The molecule has 0 aromatic carbocycles. The fraction of sp³-hybridized carbons (Fsp3) is 0.444. The van der Waals surface area contributed by atoms with Crippen LogP contribution in [0, 0.1) is 6.92 Å². The Kier molecular flexibility index (Phi) is 5.90. The number of nitrogens with one attached hydrogen (secondary N) is 1. The maximum Gasteiger partial charge on any atom is 0.409 e. The quantitative estimate of drug-likeness (QED) is 0.854. The Labute approximate surface area is 157 Å². The van der Waals surface area contributed by atoms with Crippen LogP contribution in [-0.2, 0) is 11.3 Å². The molecule has 1 saturated heterocycles. The lowest BCUT2D eigenvalue weighted by Crippen LogP contribution is -2.50. The highest BCUT2D eigenvalue weighted by atomic mass is 16.6. The third-order valence-corrected chi connectivity index (χ3v) is 4.17. The number of amides is 2. The Bertz CT molecular complexity index is 785. The molecular formula is C18H23N5O4. The summed E-state index contributed by atoms with van der Waals surface area (Å²) in [5.41, 5.74) is 0.328. The van der Waals surface area contributed by atoms with Crippen LogP contribution in [0.15, 0.2) is 28.9 Å². The molecule has 0 bridgehead atoms. The zero-order chi connectivity index (χ0) is 19.2. The molecule has 2 aromatic rings. The smallest absolute Gasteiger partial charge is 0.409 e. The third kappa shape index (κ3) is 4.75. The second-order valence-electron chi connectivity index (χ2n) is 6.10.